The summed E-state index contributed by atoms with van der Waals surface area (Å²) in [4.78, 5) is 22.8. The second-order valence-corrected chi connectivity index (χ2v) is 5.26. The monoisotopic (exact) mass is 323 g/mol. The fourth-order valence-corrected chi connectivity index (χ4v) is 2.20. The lowest BCUT2D eigenvalue weighted by atomic mass is 10.2. The van der Waals surface area contributed by atoms with Crippen molar-refractivity contribution in [2.45, 2.75) is 0 Å². The van der Waals surface area contributed by atoms with Crippen LogP contribution in [0.5, 0.6) is 0 Å². The molecule has 0 bridgehead atoms. The molecule has 1 aliphatic heterocycles. The van der Waals surface area contributed by atoms with Crippen LogP contribution in [0.25, 0.3) is 0 Å². The molecule has 0 atom stereocenters. The highest BCUT2D eigenvalue weighted by Crippen LogP contribution is 2.23. The van der Waals surface area contributed by atoms with Gasteiger partial charge in [-0.05, 0) is 29.5 Å². The number of amidine groups is 1. The number of hydrogen-bond donors (Lipinski definition) is 1. The van der Waals surface area contributed by atoms with Crippen molar-refractivity contribution in [3.05, 3.63) is 45.8 Å². The molecule has 1 amide bonds. The zero-order valence-corrected chi connectivity index (χ0v) is 12.4. The summed E-state index contributed by atoms with van der Waals surface area (Å²) >= 11 is 6.78. The van der Waals surface area contributed by atoms with Gasteiger partial charge in [0.25, 0.3) is 5.91 Å². The Morgan fingerprint density at radius 3 is 2.76 bits per heavy atom. The minimum Gasteiger partial charge on any atom is -0.466 e. The van der Waals surface area contributed by atoms with Gasteiger partial charge in [-0.2, -0.15) is 5.10 Å². The molecule has 21 heavy (non-hydrogen) atoms. The van der Waals surface area contributed by atoms with E-state index in [2.05, 4.69) is 20.3 Å². The van der Waals surface area contributed by atoms with Crippen molar-refractivity contribution < 1.29 is 14.3 Å². The molecule has 1 fully saturated rings. The Morgan fingerprint density at radius 2 is 2.10 bits per heavy atom. The number of ether oxygens (including phenoxy) is 1. The van der Waals surface area contributed by atoms with Gasteiger partial charge in [0.05, 0.1) is 18.2 Å². The van der Waals surface area contributed by atoms with Crippen LogP contribution in [0, 0.1) is 0 Å². The highest BCUT2D eigenvalue weighted by atomic mass is 35.5. The van der Waals surface area contributed by atoms with E-state index in [1.54, 1.807) is 24.3 Å². The van der Waals surface area contributed by atoms with Crippen molar-refractivity contribution in [1.82, 2.24) is 5.32 Å². The maximum atomic E-state index is 11.6. The summed E-state index contributed by atoms with van der Waals surface area (Å²) in [6, 6.07) is 7.04. The summed E-state index contributed by atoms with van der Waals surface area (Å²) in [5.74, 6) is -1.01. The lowest BCUT2D eigenvalue weighted by molar-refractivity contribution is -0.135. The standard InChI is InChI=1S/C13H10ClN3O3S/c1-20-11(18)6-10-12(19)16-13(21-10)17-15-7-8-2-4-9(14)5-3-8/h2-7H,1H3,(H,16,17,19). The largest absolute Gasteiger partial charge is 0.466 e. The number of rotatable bonds is 3. The Morgan fingerprint density at radius 1 is 1.38 bits per heavy atom. The molecule has 1 heterocycles. The Bertz CT molecular complexity index is 653. The van der Waals surface area contributed by atoms with Gasteiger partial charge in [0.2, 0.25) is 0 Å². The summed E-state index contributed by atoms with van der Waals surface area (Å²) < 4.78 is 4.46. The van der Waals surface area contributed by atoms with E-state index < -0.39 is 11.9 Å². The topological polar surface area (TPSA) is 80.1 Å². The molecule has 6 nitrogen and oxygen atoms in total. The zero-order chi connectivity index (χ0) is 15.2. The number of nitrogens with zero attached hydrogens (tertiary/aromatic N) is 2. The van der Waals surface area contributed by atoms with Crippen LogP contribution in [0.4, 0.5) is 0 Å². The quantitative estimate of drug-likeness (QED) is 0.399. The molecular weight excluding hydrogens is 314 g/mol. The van der Waals surface area contributed by atoms with Crippen LogP contribution in [0.2, 0.25) is 5.02 Å². The van der Waals surface area contributed by atoms with Crippen LogP contribution in [-0.4, -0.2) is 30.4 Å². The maximum Gasteiger partial charge on any atom is 0.331 e. The van der Waals surface area contributed by atoms with Crippen LogP contribution in [0.3, 0.4) is 0 Å². The molecule has 108 valence electrons. The van der Waals surface area contributed by atoms with Gasteiger partial charge in [0.15, 0.2) is 5.17 Å². The molecule has 0 saturated carbocycles. The molecule has 0 unspecified atom stereocenters. The van der Waals surface area contributed by atoms with E-state index in [9.17, 15) is 9.59 Å². The van der Waals surface area contributed by atoms with Gasteiger partial charge in [-0.15, -0.1) is 5.10 Å². The van der Waals surface area contributed by atoms with E-state index >= 15 is 0 Å². The smallest absolute Gasteiger partial charge is 0.331 e. The lowest BCUT2D eigenvalue weighted by Crippen LogP contribution is -2.19. The predicted octanol–water partition coefficient (Wildman–Crippen LogP) is 1.95. The number of methoxy groups -OCH3 is 1. The van der Waals surface area contributed by atoms with Crippen molar-refractivity contribution in [2.24, 2.45) is 10.2 Å². The van der Waals surface area contributed by atoms with E-state index in [1.807, 2.05) is 0 Å². The van der Waals surface area contributed by atoms with Crippen molar-refractivity contribution in [3.63, 3.8) is 0 Å². The molecule has 0 spiro atoms. The first kappa shape index (κ1) is 15.3. The van der Waals surface area contributed by atoms with Crippen molar-refractivity contribution in [1.29, 1.82) is 0 Å². The van der Waals surface area contributed by atoms with E-state index in [4.69, 9.17) is 11.6 Å². The molecule has 0 aromatic heterocycles. The number of halogens is 1. The van der Waals surface area contributed by atoms with Crippen molar-refractivity contribution in [2.75, 3.05) is 7.11 Å². The van der Waals surface area contributed by atoms with Crippen molar-refractivity contribution >= 4 is 46.6 Å². The Labute approximate surface area is 129 Å². The summed E-state index contributed by atoms with van der Waals surface area (Å²) in [5, 5.41) is 11.1. The molecule has 0 radical (unpaired) electrons. The Balaban J connectivity index is 2.03. The van der Waals surface area contributed by atoms with Gasteiger partial charge in [-0.25, -0.2) is 4.79 Å². The first-order chi connectivity index (χ1) is 10.1. The van der Waals surface area contributed by atoms with Crippen LogP contribution < -0.4 is 5.32 Å². The van der Waals surface area contributed by atoms with Gasteiger partial charge in [0.1, 0.15) is 0 Å². The van der Waals surface area contributed by atoms with Gasteiger partial charge in [0, 0.05) is 11.1 Å². The predicted molar refractivity (Wildman–Crippen MR) is 82.3 cm³/mol. The van der Waals surface area contributed by atoms with E-state index in [1.165, 1.54) is 13.3 Å². The fourth-order valence-electron chi connectivity index (χ4n) is 1.34. The number of thioether (sulfide) groups is 1. The summed E-state index contributed by atoms with van der Waals surface area (Å²) in [6.45, 7) is 0. The highest BCUT2D eigenvalue weighted by molar-refractivity contribution is 8.18. The molecule has 1 aliphatic rings. The van der Waals surface area contributed by atoms with Gasteiger partial charge in [-0.1, -0.05) is 23.7 Å². The van der Waals surface area contributed by atoms with Crippen LogP contribution in [0.15, 0.2) is 45.4 Å². The number of carbonyl (C=O) groups excluding carboxylic acids is 2. The van der Waals surface area contributed by atoms with Gasteiger partial charge >= 0.3 is 5.97 Å². The highest BCUT2D eigenvalue weighted by Gasteiger charge is 2.24. The first-order valence-electron chi connectivity index (χ1n) is 5.74. The third-order valence-corrected chi connectivity index (χ3v) is 3.48. The number of nitrogens with one attached hydrogen (secondary N) is 1. The molecule has 1 N–H and O–H groups in total. The average molecular weight is 324 g/mol. The number of benzene rings is 1. The van der Waals surface area contributed by atoms with Crippen LogP contribution in [-0.2, 0) is 14.3 Å². The lowest BCUT2D eigenvalue weighted by Gasteiger charge is -1.92. The normalized spacial score (nSPS) is 18.5. The number of esters is 1. The second kappa shape index (κ2) is 7.05. The molecule has 1 aromatic rings. The SMILES string of the molecule is COC(=O)C=C1S/C(=N/N=Cc2ccc(Cl)cc2)NC1=O. The maximum absolute atomic E-state index is 11.6. The molecule has 1 saturated heterocycles. The van der Waals surface area contributed by atoms with Crippen molar-refractivity contribution in [3.8, 4) is 0 Å². The van der Waals surface area contributed by atoms with E-state index in [-0.39, 0.29) is 4.91 Å². The molecular formula is C13H10ClN3O3S. The number of hydrogen-bond acceptors (Lipinski definition) is 6. The fraction of sp³-hybridized carbons (Fsp3) is 0.0769. The summed E-state index contributed by atoms with van der Waals surface area (Å²) in [5.41, 5.74) is 0.823. The minimum atomic E-state index is -0.599. The zero-order valence-electron chi connectivity index (χ0n) is 10.9. The Kier molecular flexibility index (Phi) is 5.13. The third-order valence-electron chi connectivity index (χ3n) is 2.33. The van der Waals surface area contributed by atoms with Crippen LogP contribution >= 0.6 is 23.4 Å². The summed E-state index contributed by atoms with van der Waals surface area (Å²) in [7, 11) is 1.24. The van der Waals surface area contributed by atoms with Crippen LogP contribution in [0.1, 0.15) is 5.56 Å². The average Bonchev–Trinajstić information content (AvgIpc) is 2.81. The number of carbonyl (C=O) groups is 2. The first-order valence-corrected chi connectivity index (χ1v) is 6.93. The minimum absolute atomic E-state index is 0.210. The molecule has 2 rings (SSSR count). The molecule has 1 aromatic carbocycles. The Hall–Kier alpha value is -2.12. The molecule has 8 heteroatoms. The van der Waals surface area contributed by atoms with Gasteiger partial charge in [-0.3, -0.25) is 10.1 Å². The van der Waals surface area contributed by atoms with E-state index in [0.29, 0.717) is 10.2 Å². The third kappa shape index (κ3) is 4.44. The summed E-state index contributed by atoms with van der Waals surface area (Å²) in [6.07, 6.45) is 2.63. The van der Waals surface area contributed by atoms with E-state index in [0.717, 1.165) is 23.4 Å². The number of amides is 1. The second-order valence-electron chi connectivity index (χ2n) is 3.79. The molecule has 0 aliphatic carbocycles. The van der Waals surface area contributed by atoms with Gasteiger partial charge < -0.3 is 4.74 Å².